The van der Waals surface area contributed by atoms with Crippen LogP contribution in [0.15, 0.2) is 24.3 Å². The molecule has 0 bridgehead atoms. The monoisotopic (exact) mass is 257 g/mol. The predicted molar refractivity (Wildman–Crippen MR) is 60.0 cm³/mol. The van der Waals surface area contributed by atoms with Crippen LogP contribution in [-0.2, 0) is 4.79 Å². The van der Waals surface area contributed by atoms with Crippen LogP contribution in [0.1, 0.15) is 6.92 Å². The number of nitrogens with one attached hydrogen (secondary N) is 1. The van der Waals surface area contributed by atoms with Crippen molar-refractivity contribution in [2.45, 2.75) is 6.92 Å². The first-order valence-corrected chi connectivity index (χ1v) is 5.41. The molecule has 0 aliphatic carbocycles. The van der Waals surface area contributed by atoms with E-state index in [1.54, 1.807) is 0 Å². The summed E-state index contributed by atoms with van der Waals surface area (Å²) in [5.41, 5.74) is 0.709. The quantitative estimate of drug-likeness (QED) is 0.842. The summed E-state index contributed by atoms with van der Waals surface area (Å²) in [6.45, 7) is 2.05. The first kappa shape index (κ1) is 11.0. The van der Waals surface area contributed by atoms with Crippen molar-refractivity contribution in [3.8, 4) is 5.75 Å². The van der Waals surface area contributed by atoms with Gasteiger partial charge >= 0.3 is 0 Å². The molecule has 0 fully saturated rings. The Labute approximate surface area is 91.6 Å². The number of hydrogen-bond donors (Lipinski definition) is 1. The molecule has 0 aliphatic rings. The van der Waals surface area contributed by atoms with Crippen molar-refractivity contribution in [3.63, 3.8) is 0 Å². The summed E-state index contributed by atoms with van der Waals surface area (Å²) < 4.78 is 5.43. The molecule has 1 amide bonds. The molecular formula is C10H12BrNO2. The van der Waals surface area contributed by atoms with Crippen LogP contribution in [0.4, 0.5) is 5.69 Å². The first-order chi connectivity index (χ1) is 6.74. The van der Waals surface area contributed by atoms with Crippen LogP contribution in [0.5, 0.6) is 5.75 Å². The predicted octanol–water partition coefficient (Wildman–Crippen LogP) is 2.42. The number of carbonyl (C=O) groups excluding carboxylic acids is 1. The van der Waals surface area contributed by atoms with E-state index in [9.17, 15) is 4.79 Å². The Balaban J connectivity index is 2.74. The summed E-state index contributed by atoms with van der Waals surface area (Å²) in [5, 5.41) is 3.47. The number of amides is 1. The van der Waals surface area contributed by atoms with E-state index in [1.165, 1.54) is 6.92 Å². The summed E-state index contributed by atoms with van der Waals surface area (Å²) in [5.74, 6) is 0.599. The zero-order chi connectivity index (χ0) is 10.4. The average Bonchev–Trinajstić information content (AvgIpc) is 2.16. The van der Waals surface area contributed by atoms with E-state index in [2.05, 4.69) is 21.2 Å². The maximum absolute atomic E-state index is 10.9. The third kappa shape index (κ3) is 3.38. The SMILES string of the molecule is CC(=O)Nc1ccccc1OCCBr. The zero-order valence-electron chi connectivity index (χ0n) is 7.92. The van der Waals surface area contributed by atoms with Gasteiger partial charge in [0, 0.05) is 12.3 Å². The molecule has 1 rings (SSSR count). The second kappa shape index (κ2) is 5.65. The van der Waals surface area contributed by atoms with Crippen LogP contribution >= 0.6 is 15.9 Å². The minimum atomic E-state index is -0.0973. The minimum Gasteiger partial charge on any atom is -0.491 e. The number of ether oxygens (including phenoxy) is 1. The fourth-order valence-corrected chi connectivity index (χ4v) is 1.20. The van der Waals surface area contributed by atoms with Crippen LogP contribution in [0, 0.1) is 0 Å². The number of anilines is 1. The molecular weight excluding hydrogens is 246 g/mol. The zero-order valence-corrected chi connectivity index (χ0v) is 9.50. The average molecular weight is 258 g/mol. The van der Waals surface area contributed by atoms with Crippen LogP contribution in [-0.4, -0.2) is 17.8 Å². The standard InChI is InChI=1S/C10H12BrNO2/c1-8(13)12-9-4-2-3-5-10(9)14-7-6-11/h2-5H,6-7H2,1H3,(H,12,13). The van der Waals surface area contributed by atoms with Gasteiger partial charge in [0.25, 0.3) is 0 Å². The van der Waals surface area contributed by atoms with Gasteiger partial charge in [0.1, 0.15) is 5.75 Å². The third-order valence-electron chi connectivity index (χ3n) is 1.53. The van der Waals surface area contributed by atoms with Crippen molar-refractivity contribution < 1.29 is 9.53 Å². The normalized spacial score (nSPS) is 9.57. The van der Waals surface area contributed by atoms with Gasteiger partial charge in [-0.1, -0.05) is 28.1 Å². The largest absolute Gasteiger partial charge is 0.491 e. The van der Waals surface area contributed by atoms with Gasteiger partial charge in [0.05, 0.1) is 12.3 Å². The minimum absolute atomic E-state index is 0.0973. The summed E-state index contributed by atoms with van der Waals surface area (Å²) in [7, 11) is 0. The number of halogens is 1. The highest BCUT2D eigenvalue weighted by Crippen LogP contribution is 2.23. The van der Waals surface area contributed by atoms with Crippen molar-refractivity contribution in [1.29, 1.82) is 0 Å². The van der Waals surface area contributed by atoms with E-state index in [4.69, 9.17) is 4.74 Å². The molecule has 0 aliphatic heterocycles. The van der Waals surface area contributed by atoms with Crippen LogP contribution in [0.2, 0.25) is 0 Å². The number of rotatable bonds is 4. The van der Waals surface area contributed by atoms with Crippen LogP contribution < -0.4 is 10.1 Å². The summed E-state index contributed by atoms with van der Waals surface area (Å²) in [6, 6.07) is 7.36. The fourth-order valence-electron chi connectivity index (χ4n) is 1.03. The van der Waals surface area contributed by atoms with E-state index >= 15 is 0 Å². The third-order valence-corrected chi connectivity index (χ3v) is 1.86. The Bertz CT molecular complexity index is 315. The number of benzene rings is 1. The molecule has 76 valence electrons. The highest BCUT2D eigenvalue weighted by atomic mass is 79.9. The molecule has 1 aromatic rings. The molecule has 3 nitrogen and oxygen atoms in total. The lowest BCUT2D eigenvalue weighted by atomic mass is 10.3. The Kier molecular flexibility index (Phi) is 4.46. The topological polar surface area (TPSA) is 38.3 Å². The lowest BCUT2D eigenvalue weighted by Crippen LogP contribution is -2.08. The number of hydrogen-bond acceptors (Lipinski definition) is 2. The van der Waals surface area contributed by atoms with Crippen LogP contribution in [0.25, 0.3) is 0 Å². The summed E-state index contributed by atoms with van der Waals surface area (Å²) in [6.07, 6.45) is 0. The molecule has 0 radical (unpaired) electrons. The van der Waals surface area contributed by atoms with Gasteiger partial charge in [0.15, 0.2) is 0 Å². The lowest BCUT2D eigenvalue weighted by molar-refractivity contribution is -0.114. The van der Waals surface area contributed by atoms with Crippen molar-refractivity contribution in [2.75, 3.05) is 17.3 Å². The highest BCUT2D eigenvalue weighted by molar-refractivity contribution is 9.09. The molecule has 0 unspecified atom stereocenters. The molecule has 0 saturated carbocycles. The second-order valence-corrected chi connectivity index (χ2v) is 3.51. The van der Waals surface area contributed by atoms with E-state index in [0.29, 0.717) is 18.0 Å². The Hall–Kier alpha value is -1.03. The molecule has 0 saturated heterocycles. The fraction of sp³-hybridized carbons (Fsp3) is 0.300. The van der Waals surface area contributed by atoms with E-state index in [-0.39, 0.29) is 5.91 Å². The van der Waals surface area contributed by atoms with E-state index < -0.39 is 0 Å². The van der Waals surface area contributed by atoms with Crippen molar-refractivity contribution in [3.05, 3.63) is 24.3 Å². The summed E-state index contributed by atoms with van der Waals surface area (Å²) >= 11 is 3.27. The number of carbonyl (C=O) groups is 1. The van der Waals surface area contributed by atoms with Crippen molar-refractivity contribution >= 4 is 27.5 Å². The maximum atomic E-state index is 10.9. The Morgan fingerprint density at radius 2 is 2.21 bits per heavy atom. The highest BCUT2D eigenvalue weighted by Gasteiger charge is 2.02. The van der Waals surface area contributed by atoms with E-state index in [0.717, 1.165) is 5.33 Å². The smallest absolute Gasteiger partial charge is 0.221 e. The molecule has 1 aromatic carbocycles. The number of para-hydroxylation sites is 2. The van der Waals surface area contributed by atoms with Crippen molar-refractivity contribution in [2.24, 2.45) is 0 Å². The molecule has 14 heavy (non-hydrogen) atoms. The van der Waals surface area contributed by atoms with Gasteiger partial charge in [-0.15, -0.1) is 0 Å². The van der Waals surface area contributed by atoms with Gasteiger partial charge < -0.3 is 10.1 Å². The maximum Gasteiger partial charge on any atom is 0.221 e. The Morgan fingerprint density at radius 3 is 2.86 bits per heavy atom. The van der Waals surface area contributed by atoms with Crippen molar-refractivity contribution in [1.82, 2.24) is 0 Å². The molecule has 0 atom stereocenters. The molecule has 0 spiro atoms. The lowest BCUT2D eigenvalue weighted by Gasteiger charge is -2.09. The molecule has 1 N–H and O–H groups in total. The summed E-state index contributed by atoms with van der Waals surface area (Å²) in [4.78, 5) is 10.9. The molecule has 4 heteroatoms. The second-order valence-electron chi connectivity index (χ2n) is 2.71. The van der Waals surface area contributed by atoms with Crippen LogP contribution in [0.3, 0.4) is 0 Å². The van der Waals surface area contributed by atoms with Gasteiger partial charge in [0.2, 0.25) is 5.91 Å². The van der Waals surface area contributed by atoms with E-state index in [1.807, 2.05) is 24.3 Å². The molecule has 0 aromatic heterocycles. The van der Waals surface area contributed by atoms with Gasteiger partial charge in [-0.2, -0.15) is 0 Å². The van der Waals surface area contributed by atoms with Gasteiger partial charge in [-0.25, -0.2) is 0 Å². The Morgan fingerprint density at radius 1 is 1.50 bits per heavy atom. The number of alkyl halides is 1. The first-order valence-electron chi connectivity index (χ1n) is 4.29. The van der Waals surface area contributed by atoms with Gasteiger partial charge in [-0.3, -0.25) is 4.79 Å². The molecule has 0 heterocycles. The van der Waals surface area contributed by atoms with Gasteiger partial charge in [-0.05, 0) is 12.1 Å².